The molecule has 0 aliphatic carbocycles. The van der Waals surface area contributed by atoms with Crippen LogP contribution in [0.15, 0.2) is 0 Å². The molecule has 2 rings (SSSR count). The van der Waals surface area contributed by atoms with Gasteiger partial charge in [-0.1, -0.05) is 71.1 Å². The van der Waals surface area contributed by atoms with Gasteiger partial charge in [-0.3, -0.25) is 57.5 Å². The molecule has 0 aromatic heterocycles. The van der Waals surface area contributed by atoms with E-state index in [-0.39, 0.29) is 52.4 Å². The number of unbranched alkanes of at least 4 members (excludes halogenated alkanes) is 13. The van der Waals surface area contributed by atoms with Crippen LogP contribution in [0, 0.1) is 0 Å². The van der Waals surface area contributed by atoms with E-state index in [1.54, 1.807) is 6.92 Å². The lowest BCUT2D eigenvalue weighted by atomic mass is 9.97. The zero-order chi connectivity index (χ0) is 79.6. The molecule has 39 nitrogen and oxygen atoms in total. The van der Waals surface area contributed by atoms with Gasteiger partial charge in [0.1, 0.15) is 73.0 Å². The summed E-state index contributed by atoms with van der Waals surface area (Å²) in [5.41, 5.74) is 0. The third-order valence-electron chi connectivity index (χ3n) is 17.0. The van der Waals surface area contributed by atoms with Gasteiger partial charge in [0, 0.05) is 86.2 Å². The fourth-order valence-corrected chi connectivity index (χ4v) is 11.0. The monoisotopic (exact) mass is 1540 g/mol. The SMILES string of the molecule is CCCCCCCNC(=O)CCC(=O)NC(CC(=O)NC(CC(=O)NCC(=O)NCCCCCCO[C@@H]1O[C@H](CO)[C@H](O)[C@H](O)[C@H]1NC(C)=O)C(=O)NCC(=O)NCCCCCCO[C@@H]1O[C@H](CO)[C@H](O)[C@H](O)[C@H]1NC(C)=O)C(=O)NCC(=O)NCCCCCCO[C@@H](C)O[C@H](CO)[C@H](O)[C@H](O)CNC(C)=O. The first kappa shape index (κ1) is 96.1. The van der Waals surface area contributed by atoms with E-state index in [4.69, 9.17) is 28.4 Å². The van der Waals surface area contributed by atoms with Crippen molar-refractivity contribution < 1.29 is 132 Å². The number of rotatable bonds is 58. The quantitative estimate of drug-likeness (QED) is 0.0199. The Hall–Kier alpha value is -6.96. The summed E-state index contributed by atoms with van der Waals surface area (Å²) in [4.78, 5) is 155. The summed E-state index contributed by atoms with van der Waals surface area (Å²) in [5, 5.41) is 121. The van der Waals surface area contributed by atoms with Crippen molar-refractivity contribution in [2.75, 3.05) is 92.0 Å². The molecule has 2 fully saturated rings. The highest BCUT2D eigenvalue weighted by atomic mass is 16.7. The number of carbonyl (C=O) groups is 12. The molecule has 107 heavy (non-hydrogen) atoms. The van der Waals surface area contributed by atoms with Gasteiger partial charge in [0.25, 0.3) is 0 Å². The Morgan fingerprint density at radius 3 is 1.24 bits per heavy atom. The van der Waals surface area contributed by atoms with E-state index in [2.05, 4.69) is 70.7 Å². The molecule has 0 radical (unpaired) electrons. The first-order valence-electron chi connectivity index (χ1n) is 37.0. The number of amides is 12. The van der Waals surface area contributed by atoms with E-state index in [1.807, 2.05) is 0 Å². The van der Waals surface area contributed by atoms with E-state index in [0.29, 0.717) is 83.6 Å². The number of carbonyl (C=O) groups excluding carboxylic acids is 12. The summed E-state index contributed by atoms with van der Waals surface area (Å²) in [6, 6.07) is -5.69. The van der Waals surface area contributed by atoms with E-state index < -0.39 is 228 Å². The van der Waals surface area contributed by atoms with Gasteiger partial charge in [0.15, 0.2) is 18.9 Å². The topological polar surface area (TPSA) is 587 Å². The van der Waals surface area contributed by atoms with Crippen LogP contribution in [0.4, 0.5) is 0 Å². The Balaban J connectivity index is 2.10. The Morgan fingerprint density at radius 1 is 0.430 bits per heavy atom. The Morgan fingerprint density at radius 2 is 0.822 bits per heavy atom. The fraction of sp³-hybridized carbons (Fsp3) is 0.824. The van der Waals surface area contributed by atoms with Crippen molar-refractivity contribution >= 4 is 70.9 Å². The second kappa shape index (κ2) is 56.3. The van der Waals surface area contributed by atoms with Gasteiger partial charge < -0.3 is 138 Å². The molecule has 0 aromatic rings. The molecule has 2 aliphatic heterocycles. The minimum absolute atomic E-state index is 0.106. The summed E-state index contributed by atoms with van der Waals surface area (Å²) in [5.74, 6) is -8.69. The second-order valence-electron chi connectivity index (χ2n) is 26.3. The Kier molecular flexibility index (Phi) is 50.6. The maximum atomic E-state index is 13.9. The van der Waals surface area contributed by atoms with Crippen LogP contribution in [0.5, 0.6) is 0 Å². The van der Waals surface area contributed by atoms with Gasteiger partial charge in [-0.15, -0.1) is 0 Å². The predicted molar refractivity (Wildman–Crippen MR) is 378 cm³/mol. The van der Waals surface area contributed by atoms with Gasteiger partial charge >= 0.3 is 0 Å². The number of aliphatic hydroxyl groups excluding tert-OH is 9. The van der Waals surface area contributed by atoms with Crippen LogP contribution in [0.1, 0.15) is 169 Å². The van der Waals surface area contributed by atoms with Crippen LogP contribution >= 0.6 is 0 Å². The predicted octanol–water partition coefficient (Wildman–Crippen LogP) is -6.50. The number of hydrogen-bond donors (Lipinski definition) is 21. The third kappa shape index (κ3) is 42.0. The van der Waals surface area contributed by atoms with E-state index in [0.717, 1.165) is 32.1 Å². The Labute approximate surface area is 624 Å². The molecule has 2 aliphatic rings. The first-order chi connectivity index (χ1) is 51.0. The van der Waals surface area contributed by atoms with Crippen molar-refractivity contribution in [3.8, 4) is 0 Å². The minimum Gasteiger partial charge on any atom is -0.394 e. The van der Waals surface area contributed by atoms with E-state index in [1.165, 1.54) is 20.8 Å². The highest BCUT2D eigenvalue weighted by Gasteiger charge is 2.47. The third-order valence-corrected chi connectivity index (χ3v) is 17.0. The molecule has 2 saturated heterocycles. The van der Waals surface area contributed by atoms with Crippen LogP contribution in [0.3, 0.4) is 0 Å². The van der Waals surface area contributed by atoms with Crippen molar-refractivity contribution in [1.82, 2.24) is 63.8 Å². The lowest BCUT2D eigenvalue weighted by Gasteiger charge is -2.42. The fourth-order valence-electron chi connectivity index (χ4n) is 11.0. The molecule has 0 aromatic carbocycles. The summed E-state index contributed by atoms with van der Waals surface area (Å²) in [6.07, 6.45) is -6.65. The molecule has 12 amide bonds. The Bertz CT molecular complexity index is 2660. The average molecular weight is 1540 g/mol. The second-order valence-corrected chi connectivity index (χ2v) is 26.3. The average Bonchev–Trinajstić information content (AvgIpc) is 0.814. The van der Waals surface area contributed by atoms with Crippen molar-refractivity contribution in [2.24, 2.45) is 0 Å². The molecular formula is C68H122N12O27. The lowest BCUT2D eigenvalue weighted by molar-refractivity contribution is -0.270. The number of nitrogens with one attached hydrogen (secondary N) is 12. The van der Waals surface area contributed by atoms with Gasteiger partial charge in [-0.25, -0.2) is 0 Å². The number of hydrogen-bond acceptors (Lipinski definition) is 27. The molecule has 616 valence electrons. The maximum absolute atomic E-state index is 13.9. The van der Waals surface area contributed by atoms with Crippen LogP contribution in [-0.4, -0.2) is 307 Å². The van der Waals surface area contributed by atoms with Gasteiger partial charge in [-0.2, -0.15) is 0 Å². The minimum atomic E-state index is -1.76. The van der Waals surface area contributed by atoms with E-state index >= 15 is 0 Å². The molecule has 21 N–H and O–H groups in total. The summed E-state index contributed by atoms with van der Waals surface area (Å²) < 4.78 is 33.8. The van der Waals surface area contributed by atoms with Crippen molar-refractivity contribution in [2.45, 2.75) is 267 Å². The highest BCUT2D eigenvalue weighted by Crippen LogP contribution is 2.24. The maximum Gasteiger partial charge on any atom is 0.243 e. The number of aliphatic hydroxyl groups is 9. The van der Waals surface area contributed by atoms with Gasteiger partial charge in [0.05, 0.1) is 58.4 Å². The van der Waals surface area contributed by atoms with Crippen molar-refractivity contribution in [3.05, 3.63) is 0 Å². The zero-order valence-electron chi connectivity index (χ0n) is 62.4. The van der Waals surface area contributed by atoms with E-state index in [9.17, 15) is 103 Å². The van der Waals surface area contributed by atoms with Crippen molar-refractivity contribution in [1.29, 1.82) is 0 Å². The van der Waals surface area contributed by atoms with Crippen LogP contribution < -0.4 is 63.8 Å². The van der Waals surface area contributed by atoms with Crippen LogP contribution in [0.2, 0.25) is 0 Å². The smallest absolute Gasteiger partial charge is 0.243 e. The molecule has 16 atom stereocenters. The molecule has 2 heterocycles. The summed E-state index contributed by atoms with van der Waals surface area (Å²) in [7, 11) is 0. The van der Waals surface area contributed by atoms with Crippen LogP contribution in [-0.2, 0) is 86.0 Å². The first-order valence-corrected chi connectivity index (χ1v) is 37.0. The lowest BCUT2D eigenvalue weighted by Crippen LogP contribution is -2.64. The molecule has 2 unspecified atom stereocenters. The van der Waals surface area contributed by atoms with Gasteiger partial charge in [0.2, 0.25) is 70.9 Å². The van der Waals surface area contributed by atoms with Crippen molar-refractivity contribution in [3.63, 3.8) is 0 Å². The largest absolute Gasteiger partial charge is 0.394 e. The standard InChI is InChI=1S/C68H122N12O27/c1-6-7-8-9-16-25-69-51(88)23-24-52(89)79-46(66(101)76-37-57(94)71-27-17-10-13-20-29-102-44(5)105-48(38-81)60(95)47(87)34-73-41(2)84)33-54(91)80-45(65(100)75-36-56(93)72-28-19-12-15-22-31-104-68-59(78-43(4)86)64(99)62(97)50(40-83)107-68)32-53(90)74-35-55(92)70-26-18-11-14-21-30-103-67-58(77-42(3)85)63(98)61(96)49(39-82)106-67/h44-50,58-64,67-68,81-83,87,95-99H,6-40H2,1-5H3,(H,69,88)(H,70,92)(H,71,94)(H,72,93)(H,73,84)(H,74,90)(H,75,100)(H,76,101)(H,77,85)(H,78,86)(H,79,89)(H,80,91)/t44-,45?,46?,47-,48-,49-,50-,58-,59-,60-,61+,62+,63-,64-,67-,68-/m1/s1. The molecular weight excluding hydrogens is 1420 g/mol. The van der Waals surface area contributed by atoms with Crippen LogP contribution in [0.25, 0.3) is 0 Å². The molecule has 39 heteroatoms. The molecule has 0 bridgehead atoms. The van der Waals surface area contributed by atoms with Gasteiger partial charge in [-0.05, 0) is 51.9 Å². The number of ether oxygens (including phenoxy) is 6. The molecule has 0 spiro atoms. The normalized spacial score (nSPS) is 21.5. The summed E-state index contributed by atoms with van der Waals surface area (Å²) in [6.45, 7) is 4.68. The summed E-state index contributed by atoms with van der Waals surface area (Å²) >= 11 is 0. The highest BCUT2D eigenvalue weighted by molar-refractivity contribution is 5.97. The molecule has 0 saturated carbocycles. The zero-order valence-corrected chi connectivity index (χ0v) is 62.4.